The van der Waals surface area contributed by atoms with Crippen molar-refractivity contribution in [1.29, 1.82) is 0 Å². The zero-order valence-corrected chi connectivity index (χ0v) is 16.2. The maximum absolute atomic E-state index is 12.4. The first kappa shape index (κ1) is 20.9. The Morgan fingerprint density at radius 1 is 0.963 bits per heavy atom. The van der Waals surface area contributed by atoms with Gasteiger partial charge in [0.2, 0.25) is 10.0 Å². The number of methoxy groups -OCH3 is 2. The summed E-state index contributed by atoms with van der Waals surface area (Å²) in [5, 5.41) is 2.68. The summed E-state index contributed by atoms with van der Waals surface area (Å²) in [4.78, 5) is 12.0. The van der Waals surface area contributed by atoms with Crippen LogP contribution in [0.1, 0.15) is 15.9 Å². The molecule has 0 radical (unpaired) electrons. The van der Waals surface area contributed by atoms with Crippen molar-refractivity contribution >= 4 is 15.9 Å². The molecule has 0 fully saturated rings. The second-order valence-corrected chi connectivity index (χ2v) is 7.54. The first-order valence-electron chi connectivity index (χ1n) is 8.46. The number of carbonyl (C=O) groups excluding carboxylic acids is 1. The predicted octanol–water partition coefficient (Wildman–Crippen LogP) is 1.59. The summed E-state index contributed by atoms with van der Waals surface area (Å²) in [6, 6.07) is 13.3. The molecule has 0 aliphatic rings. The van der Waals surface area contributed by atoms with Gasteiger partial charge in [0.05, 0.1) is 18.6 Å². The number of benzene rings is 2. The van der Waals surface area contributed by atoms with Crippen LogP contribution in [0.3, 0.4) is 0 Å². The molecule has 8 heteroatoms. The molecule has 0 bridgehead atoms. The summed E-state index contributed by atoms with van der Waals surface area (Å²) >= 11 is 0. The van der Waals surface area contributed by atoms with E-state index in [-0.39, 0.29) is 17.3 Å². The highest BCUT2D eigenvalue weighted by Crippen LogP contribution is 2.13. The van der Waals surface area contributed by atoms with Crippen molar-refractivity contribution < 1.29 is 22.7 Å². The summed E-state index contributed by atoms with van der Waals surface area (Å²) in [5.74, 6) is 0.481. The third kappa shape index (κ3) is 6.35. The van der Waals surface area contributed by atoms with Gasteiger partial charge in [-0.25, -0.2) is 13.1 Å². The monoisotopic (exact) mass is 392 g/mol. The Kier molecular flexibility index (Phi) is 7.78. The second-order valence-electron chi connectivity index (χ2n) is 5.77. The van der Waals surface area contributed by atoms with E-state index < -0.39 is 10.0 Å². The average Bonchev–Trinajstić information content (AvgIpc) is 2.68. The third-order valence-electron chi connectivity index (χ3n) is 3.88. The van der Waals surface area contributed by atoms with E-state index >= 15 is 0 Å². The Hall–Kier alpha value is -2.42. The summed E-state index contributed by atoms with van der Waals surface area (Å²) < 4.78 is 37.3. The fraction of sp³-hybridized carbons (Fsp3) is 0.316. The molecule has 0 heterocycles. The van der Waals surface area contributed by atoms with E-state index in [9.17, 15) is 13.2 Å². The van der Waals surface area contributed by atoms with Gasteiger partial charge in [-0.15, -0.1) is 0 Å². The van der Waals surface area contributed by atoms with E-state index in [2.05, 4.69) is 10.0 Å². The Bertz CT molecular complexity index is 833. The average molecular weight is 392 g/mol. The summed E-state index contributed by atoms with van der Waals surface area (Å²) in [5.41, 5.74) is 1.39. The lowest BCUT2D eigenvalue weighted by Crippen LogP contribution is -2.27. The van der Waals surface area contributed by atoms with Gasteiger partial charge in [-0.1, -0.05) is 12.1 Å². The van der Waals surface area contributed by atoms with Crippen LogP contribution in [0.15, 0.2) is 53.4 Å². The maximum Gasteiger partial charge on any atom is 0.251 e. The molecule has 0 spiro atoms. The van der Waals surface area contributed by atoms with Gasteiger partial charge in [0.25, 0.3) is 5.91 Å². The molecular weight excluding hydrogens is 368 g/mol. The largest absolute Gasteiger partial charge is 0.497 e. The highest BCUT2D eigenvalue weighted by molar-refractivity contribution is 7.89. The predicted molar refractivity (Wildman–Crippen MR) is 103 cm³/mol. The number of nitrogens with one attached hydrogen (secondary N) is 2. The topological polar surface area (TPSA) is 93.7 Å². The van der Waals surface area contributed by atoms with E-state index in [1.54, 1.807) is 14.2 Å². The van der Waals surface area contributed by atoms with E-state index in [1.807, 2.05) is 24.3 Å². The minimum absolute atomic E-state index is 0.116. The van der Waals surface area contributed by atoms with E-state index in [1.165, 1.54) is 24.3 Å². The number of sulfonamides is 1. The SMILES string of the molecule is COCCNC(=O)c1ccc(S(=O)(=O)NCCc2ccc(OC)cc2)cc1. The van der Waals surface area contributed by atoms with Gasteiger partial charge < -0.3 is 14.8 Å². The maximum atomic E-state index is 12.4. The molecule has 0 aliphatic carbocycles. The van der Waals surface area contributed by atoms with Crippen molar-refractivity contribution in [3.63, 3.8) is 0 Å². The van der Waals surface area contributed by atoms with Gasteiger partial charge in [-0.3, -0.25) is 4.79 Å². The summed E-state index contributed by atoms with van der Waals surface area (Å²) in [6.07, 6.45) is 0.559. The third-order valence-corrected chi connectivity index (χ3v) is 5.36. The van der Waals surface area contributed by atoms with Crippen LogP contribution in [0, 0.1) is 0 Å². The zero-order valence-electron chi connectivity index (χ0n) is 15.4. The highest BCUT2D eigenvalue weighted by atomic mass is 32.2. The Labute approximate surface area is 159 Å². The van der Waals surface area contributed by atoms with Gasteiger partial charge in [-0.05, 0) is 48.4 Å². The lowest BCUT2D eigenvalue weighted by molar-refractivity contribution is 0.0937. The Morgan fingerprint density at radius 3 is 2.22 bits per heavy atom. The van der Waals surface area contributed by atoms with E-state index in [4.69, 9.17) is 9.47 Å². The molecule has 27 heavy (non-hydrogen) atoms. The van der Waals surface area contributed by atoms with Crippen LogP contribution < -0.4 is 14.8 Å². The Balaban J connectivity index is 1.90. The normalized spacial score (nSPS) is 11.2. The number of ether oxygens (including phenoxy) is 2. The molecular formula is C19H24N2O5S. The number of hydrogen-bond donors (Lipinski definition) is 2. The van der Waals surface area contributed by atoms with Crippen molar-refractivity contribution in [1.82, 2.24) is 10.0 Å². The van der Waals surface area contributed by atoms with Gasteiger partial charge in [0.15, 0.2) is 0 Å². The fourth-order valence-electron chi connectivity index (χ4n) is 2.36. The van der Waals surface area contributed by atoms with Crippen molar-refractivity contribution in [2.24, 2.45) is 0 Å². The fourth-order valence-corrected chi connectivity index (χ4v) is 3.39. The number of carbonyl (C=O) groups is 1. The van der Waals surface area contributed by atoms with Crippen LogP contribution in [0.2, 0.25) is 0 Å². The van der Waals surface area contributed by atoms with Crippen LogP contribution in [0.4, 0.5) is 0 Å². The molecule has 0 atom stereocenters. The van der Waals surface area contributed by atoms with Gasteiger partial charge in [-0.2, -0.15) is 0 Å². The summed E-state index contributed by atoms with van der Waals surface area (Å²) in [7, 11) is -0.489. The standard InChI is InChI=1S/C19H24N2O5S/c1-25-14-13-20-19(22)16-5-9-18(10-6-16)27(23,24)21-12-11-15-3-7-17(26-2)8-4-15/h3-10,21H,11-14H2,1-2H3,(H,20,22). The first-order chi connectivity index (χ1) is 13.0. The van der Waals surface area contributed by atoms with Crippen molar-refractivity contribution in [2.75, 3.05) is 33.9 Å². The van der Waals surface area contributed by atoms with Gasteiger partial charge >= 0.3 is 0 Å². The number of rotatable bonds is 10. The molecule has 0 unspecified atom stereocenters. The van der Waals surface area contributed by atoms with Crippen molar-refractivity contribution in [3.8, 4) is 5.75 Å². The molecule has 0 aliphatic heterocycles. The molecule has 2 N–H and O–H groups in total. The molecule has 7 nitrogen and oxygen atoms in total. The van der Waals surface area contributed by atoms with Crippen LogP contribution in [-0.4, -0.2) is 48.2 Å². The number of amides is 1. The zero-order chi connectivity index (χ0) is 19.7. The second kappa shape index (κ2) is 10.1. The quantitative estimate of drug-likeness (QED) is 0.599. The molecule has 0 aromatic heterocycles. The number of hydrogen-bond acceptors (Lipinski definition) is 5. The van der Waals surface area contributed by atoms with E-state index in [0.29, 0.717) is 25.1 Å². The molecule has 146 valence electrons. The first-order valence-corrected chi connectivity index (χ1v) is 9.94. The van der Waals surface area contributed by atoms with Gasteiger partial charge in [0.1, 0.15) is 5.75 Å². The lowest BCUT2D eigenvalue weighted by Gasteiger charge is -2.09. The van der Waals surface area contributed by atoms with Crippen LogP contribution in [-0.2, 0) is 21.2 Å². The van der Waals surface area contributed by atoms with E-state index in [0.717, 1.165) is 11.3 Å². The molecule has 2 rings (SSSR count). The molecule has 2 aromatic rings. The molecule has 0 saturated carbocycles. The minimum Gasteiger partial charge on any atom is -0.497 e. The lowest BCUT2D eigenvalue weighted by atomic mass is 10.1. The molecule has 1 amide bonds. The van der Waals surface area contributed by atoms with Crippen LogP contribution >= 0.6 is 0 Å². The van der Waals surface area contributed by atoms with Crippen molar-refractivity contribution in [2.45, 2.75) is 11.3 Å². The Morgan fingerprint density at radius 2 is 1.63 bits per heavy atom. The van der Waals surface area contributed by atoms with Crippen LogP contribution in [0.5, 0.6) is 5.75 Å². The van der Waals surface area contributed by atoms with Gasteiger partial charge in [0, 0.05) is 25.8 Å². The van der Waals surface area contributed by atoms with Crippen LogP contribution in [0.25, 0.3) is 0 Å². The minimum atomic E-state index is -3.63. The highest BCUT2D eigenvalue weighted by Gasteiger charge is 2.14. The van der Waals surface area contributed by atoms with Crippen molar-refractivity contribution in [3.05, 3.63) is 59.7 Å². The molecule has 2 aromatic carbocycles. The smallest absolute Gasteiger partial charge is 0.251 e. The summed E-state index contributed by atoms with van der Waals surface area (Å²) in [6.45, 7) is 1.08. The molecule has 0 saturated heterocycles.